The molecule has 3 N–H and O–H groups in total. The van der Waals surface area contributed by atoms with Gasteiger partial charge in [-0.3, -0.25) is 0 Å². The average molecular weight is 459 g/mol. The molecule has 2 rings (SSSR count). The first-order valence-electron chi connectivity index (χ1n) is 10.6. The highest BCUT2D eigenvalue weighted by Crippen LogP contribution is 2.14. The van der Waals surface area contributed by atoms with Gasteiger partial charge in [-0.15, -0.1) is 0 Å². The Morgan fingerprint density at radius 2 is 2.09 bits per heavy atom. The van der Waals surface area contributed by atoms with Gasteiger partial charge in [-0.25, -0.2) is 9.59 Å². The quantitative estimate of drug-likeness (QED) is 0.456. The Balaban J connectivity index is 1.95. The normalized spacial score (nSPS) is 11.8. The van der Waals surface area contributed by atoms with Gasteiger partial charge in [0.05, 0.1) is 24.8 Å². The van der Waals surface area contributed by atoms with Gasteiger partial charge < -0.3 is 29.9 Å². The molecule has 33 heavy (non-hydrogen) atoms. The standard InChI is InChI=1S/C22H30N6O5/c1-5-6-10-31-14-17(26-21(30)32-22(2,3)4)19-27-18(33-28-19)13-24-20(29)25-16-9-7-8-15(11-16)12-23/h7-9,11,17H,5-6,10,13-14H2,1-4H3,(H,26,30)(H2,24,25,29). The Hall–Kier alpha value is -3.65. The number of rotatable bonds is 10. The third-order valence-electron chi connectivity index (χ3n) is 4.06. The van der Waals surface area contributed by atoms with Gasteiger partial charge >= 0.3 is 12.1 Å². The van der Waals surface area contributed by atoms with Crippen LogP contribution in [0.4, 0.5) is 15.3 Å². The van der Waals surface area contributed by atoms with Crippen molar-refractivity contribution in [2.75, 3.05) is 18.5 Å². The zero-order chi connectivity index (χ0) is 24.3. The number of alkyl carbamates (subject to hydrolysis) is 1. The Morgan fingerprint density at radius 3 is 2.79 bits per heavy atom. The Bertz CT molecular complexity index is 963. The topological polar surface area (TPSA) is 151 Å². The van der Waals surface area contributed by atoms with Crippen LogP contribution in [0.3, 0.4) is 0 Å². The molecule has 11 heteroatoms. The molecule has 0 spiro atoms. The first-order valence-corrected chi connectivity index (χ1v) is 10.6. The van der Waals surface area contributed by atoms with E-state index in [0.717, 1.165) is 12.8 Å². The second-order valence-electron chi connectivity index (χ2n) is 8.17. The number of nitrogens with one attached hydrogen (secondary N) is 3. The fraction of sp³-hybridized carbons (Fsp3) is 0.500. The summed E-state index contributed by atoms with van der Waals surface area (Å²) in [5.74, 6) is 0.353. The SMILES string of the molecule is CCCCOCC(NC(=O)OC(C)(C)C)c1noc(CNC(=O)Nc2cccc(C#N)c2)n1. The van der Waals surface area contributed by atoms with Crippen molar-refractivity contribution in [2.45, 2.75) is 58.7 Å². The fourth-order valence-corrected chi connectivity index (χ4v) is 2.56. The van der Waals surface area contributed by atoms with Crippen LogP contribution in [0.1, 0.15) is 63.9 Å². The molecule has 0 saturated carbocycles. The lowest BCUT2D eigenvalue weighted by Crippen LogP contribution is -2.37. The minimum atomic E-state index is -0.684. The number of unbranched alkanes of at least 4 members (excludes halogenated alkanes) is 1. The molecular weight excluding hydrogens is 428 g/mol. The van der Waals surface area contributed by atoms with E-state index in [1.807, 2.05) is 6.07 Å². The van der Waals surface area contributed by atoms with E-state index in [4.69, 9.17) is 19.3 Å². The molecule has 1 aromatic carbocycles. The number of nitriles is 1. The number of carbonyl (C=O) groups excluding carboxylic acids is 2. The molecule has 1 atom stereocenters. The number of nitrogens with zero attached hydrogens (tertiary/aromatic N) is 3. The van der Waals surface area contributed by atoms with E-state index in [9.17, 15) is 9.59 Å². The molecule has 1 heterocycles. The van der Waals surface area contributed by atoms with Gasteiger partial charge in [0.25, 0.3) is 0 Å². The third-order valence-corrected chi connectivity index (χ3v) is 4.06. The van der Waals surface area contributed by atoms with Crippen molar-refractivity contribution in [3.63, 3.8) is 0 Å². The van der Waals surface area contributed by atoms with E-state index in [1.165, 1.54) is 0 Å². The summed E-state index contributed by atoms with van der Waals surface area (Å²) in [7, 11) is 0. The number of carbonyl (C=O) groups is 2. The molecule has 0 bridgehead atoms. The minimum absolute atomic E-state index is 0.0351. The van der Waals surface area contributed by atoms with Gasteiger partial charge in [-0.2, -0.15) is 10.2 Å². The molecule has 0 aliphatic heterocycles. The van der Waals surface area contributed by atoms with Crippen LogP contribution in [0.25, 0.3) is 0 Å². The largest absolute Gasteiger partial charge is 0.444 e. The van der Waals surface area contributed by atoms with E-state index in [-0.39, 0.29) is 24.9 Å². The highest BCUT2D eigenvalue weighted by atomic mass is 16.6. The Kier molecular flexibility index (Phi) is 9.62. The summed E-state index contributed by atoms with van der Waals surface area (Å²) in [4.78, 5) is 28.6. The van der Waals surface area contributed by atoms with Crippen LogP contribution in [0.2, 0.25) is 0 Å². The molecule has 0 radical (unpaired) electrons. The molecule has 0 aliphatic rings. The number of hydrogen-bond donors (Lipinski definition) is 3. The lowest BCUT2D eigenvalue weighted by molar-refractivity contribution is 0.0431. The van der Waals surface area contributed by atoms with Gasteiger partial charge in [-0.05, 0) is 45.4 Å². The van der Waals surface area contributed by atoms with E-state index in [0.29, 0.717) is 17.9 Å². The van der Waals surface area contributed by atoms with Gasteiger partial charge in [0.1, 0.15) is 11.6 Å². The summed E-state index contributed by atoms with van der Waals surface area (Å²) in [5.41, 5.74) is 0.243. The van der Waals surface area contributed by atoms with E-state index in [1.54, 1.807) is 45.0 Å². The highest BCUT2D eigenvalue weighted by Gasteiger charge is 2.24. The molecule has 178 valence electrons. The number of ether oxygens (including phenoxy) is 2. The van der Waals surface area contributed by atoms with Crippen LogP contribution in [-0.2, 0) is 16.0 Å². The number of hydrogen-bond acceptors (Lipinski definition) is 8. The monoisotopic (exact) mass is 458 g/mol. The minimum Gasteiger partial charge on any atom is -0.444 e. The number of urea groups is 1. The first-order chi connectivity index (χ1) is 15.7. The van der Waals surface area contributed by atoms with Crippen LogP contribution in [-0.4, -0.2) is 41.1 Å². The van der Waals surface area contributed by atoms with E-state index in [2.05, 4.69) is 33.0 Å². The summed E-state index contributed by atoms with van der Waals surface area (Å²) in [6.45, 7) is 7.97. The molecule has 1 aromatic heterocycles. The van der Waals surface area contributed by atoms with Crippen LogP contribution in [0.15, 0.2) is 28.8 Å². The summed E-state index contributed by atoms with van der Waals surface area (Å²) in [6, 6.07) is 7.33. The van der Waals surface area contributed by atoms with Crippen LogP contribution in [0.5, 0.6) is 0 Å². The van der Waals surface area contributed by atoms with Gasteiger partial charge in [0, 0.05) is 12.3 Å². The summed E-state index contributed by atoms with van der Waals surface area (Å²) in [5, 5.41) is 20.7. The van der Waals surface area contributed by atoms with Gasteiger partial charge in [0.2, 0.25) is 5.89 Å². The van der Waals surface area contributed by atoms with Crippen molar-refractivity contribution in [1.29, 1.82) is 5.26 Å². The zero-order valence-corrected chi connectivity index (χ0v) is 19.3. The van der Waals surface area contributed by atoms with Crippen molar-refractivity contribution in [3.8, 4) is 6.07 Å². The smallest absolute Gasteiger partial charge is 0.408 e. The van der Waals surface area contributed by atoms with Gasteiger partial charge in [0.15, 0.2) is 5.82 Å². The highest BCUT2D eigenvalue weighted by molar-refractivity contribution is 5.89. The predicted molar refractivity (Wildman–Crippen MR) is 119 cm³/mol. The number of amides is 3. The number of aromatic nitrogens is 2. The van der Waals surface area contributed by atoms with Crippen LogP contribution >= 0.6 is 0 Å². The van der Waals surface area contributed by atoms with Crippen molar-refractivity contribution in [2.24, 2.45) is 0 Å². The lowest BCUT2D eigenvalue weighted by atomic mass is 10.2. The Morgan fingerprint density at radius 1 is 1.30 bits per heavy atom. The van der Waals surface area contributed by atoms with Crippen molar-refractivity contribution in [1.82, 2.24) is 20.8 Å². The molecule has 1 unspecified atom stereocenters. The van der Waals surface area contributed by atoms with E-state index >= 15 is 0 Å². The average Bonchev–Trinajstić information content (AvgIpc) is 3.22. The zero-order valence-electron chi connectivity index (χ0n) is 19.3. The maximum Gasteiger partial charge on any atom is 0.408 e. The fourth-order valence-electron chi connectivity index (χ4n) is 2.56. The van der Waals surface area contributed by atoms with Gasteiger partial charge in [-0.1, -0.05) is 24.6 Å². The maximum absolute atomic E-state index is 12.2. The maximum atomic E-state index is 12.2. The molecule has 0 fully saturated rings. The number of anilines is 1. The summed E-state index contributed by atoms with van der Waals surface area (Å²) in [6.07, 6.45) is 1.23. The molecule has 2 aromatic rings. The lowest BCUT2D eigenvalue weighted by Gasteiger charge is -2.22. The van der Waals surface area contributed by atoms with Crippen LogP contribution in [0, 0.1) is 11.3 Å². The Labute approximate surface area is 192 Å². The van der Waals surface area contributed by atoms with Crippen molar-refractivity contribution < 1.29 is 23.6 Å². The van der Waals surface area contributed by atoms with Crippen LogP contribution < -0.4 is 16.0 Å². The molecule has 0 saturated heterocycles. The first kappa shape index (κ1) is 25.6. The van der Waals surface area contributed by atoms with Crippen molar-refractivity contribution >= 4 is 17.8 Å². The third kappa shape index (κ3) is 9.57. The molecule has 3 amide bonds. The summed E-state index contributed by atoms with van der Waals surface area (Å²) < 4.78 is 16.1. The van der Waals surface area contributed by atoms with Crippen molar-refractivity contribution in [3.05, 3.63) is 41.5 Å². The summed E-state index contributed by atoms with van der Waals surface area (Å²) >= 11 is 0. The molecule has 0 aliphatic carbocycles. The second-order valence-corrected chi connectivity index (χ2v) is 8.17. The predicted octanol–water partition coefficient (Wildman–Crippen LogP) is 3.65. The molecule has 11 nitrogen and oxygen atoms in total. The number of benzene rings is 1. The van der Waals surface area contributed by atoms with E-state index < -0.39 is 23.8 Å². The second kappa shape index (κ2) is 12.4. The molecular formula is C22H30N6O5.